The van der Waals surface area contributed by atoms with Crippen LogP contribution in [0.2, 0.25) is 5.02 Å². The molecule has 3 rings (SSSR count). The van der Waals surface area contributed by atoms with E-state index in [1.54, 1.807) is 22.8 Å². The van der Waals surface area contributed by atoms with E-state index in [4.69, 9.17) is 16.3 Å². The van der Waals surface area contributed by atoms with E-state index in [9.17, 15) is 10.0 Å². The van der Waals surface area contributed by atoms with Gasteiger partial charge in [-0.3, -0.25) is 0 Å². The van der Waals surface area contributed by atoms with Crippen LogP contribution in [0.25, 0.3) is 10.9 Å². The number of ether oxygens (including phenoxy) is 1. The lowest BCUT2D eigenvalue weighted by atomic mass is 10.2. The second kappa shape index (κ2) is 8.23. The van der Waals surface area contributed by atoms with Crippen molar-refractivity contribution in [2.45, 2.75) is 32.7 Å². The van der Waals surface area contributed by atoms with Gasteiger partial charge in [0.2, 0.25) is 5.88 Å². The van der Waals surface area contributed by atoms with Crippen LogP contribution in [0.1, 0.15) is 31.7 Å². The molecule has 6 heteroatoms. The monoisotopic (exact) mass is 372 g/mol. The van der Waals surface area contributed by atoms with Crippen molar-refractivity contribution in [1.82, 2.24) is 4.57 Å². The van der Waals surface area contributed by atoms with Gasteiger partial charge in [0.25, 0.3) is 0 Å². The van der Waals surface area contributed by atoms with Crippen molar-refractivity contribution >= 4 is 28.2 Å². The number of rotatable bonds is 8. The number of hydrogen-bond acceptors (Lipinski definition) is 4. The summed E-state index contributed by atoms with van der Waals surface area (Å²) in [7, 11) is 0. The largest absolute Gasteiger partial charge is 0.493 e. The number of halogens is 1. The van der Waals surface area contributed by atoms with E-state index in [1.807, 2.05) is 24.3 Å². The van der Waals surface area contributed by atoms with Gasteiger partial charge in [0.1, 0.15) is 5.75 Å². The number of unbranched alkanes of at least 4 members (excludes halogenated alkanes) is 2. The molecular weight excluding hydrogens is 352 g/mol. The molecule has 136 valence electrons. The normalized spacial score (nSPS) is 11.0. The first-order valence-electron chi connectivity index (χ1n) is 8.71. The third kappa shape index (κ3) is 3.53. The van der Waals surface area contributed by atoms with E-state index < -0.39 is 0 Å². The van der Waals surface area contributed by atoms with E-state index in [1.165, 1.54) is 0 Å². The molecule has 0 atom stereocenters. The molecule has 0 fully saturated rings. The number of para-hydroxylation sites is 1. The highest BCUT2D eigenvalue weighted by Gasteiger charge is 2.20. The topological polar surface area (TPSA) is 63.8 Å². The van der Waals surface area contributed by atoms with Gasteiger partial charge in [0.15, 0.2) is 5.69 Å². The Labute approximate surface area is 157 Å². The fourth-order valence-corrected chi connectivity index (χ4v) is 3.31. The predicted octanol–water partition coefficient (Wildman–Crippen LogP) is 6.02. The van der Waals surface area contributed by atoms with Crippen LogP contribution in [0.4, 0.5) is 5.69 Å². The van der Waals surface area contributed by atoms with Crippen molar-refractivity contribution < 1.29 is 9.84 Å². The standard InChI is InChI=1S/C20H21ClN2O3/c1-2-3-6-12-26-17-11-5-4-8-14(17)13-23-16-10-7-9-15(21)18(16)19(22-25)20(23)24/h4-5,7-11,24H,2-3,6,12-13H2,1H3. The quantitative estimate of drug-likeness (QED) is 0.388. The molecule has 0 bridgehead atoms. The van der Waals surface area contributed by atoms with E-state index in [0.717, 1.165) is 30.6 Å². The molecule has 0 spiro atoms. The average molecular weight is 373 g/mol. The Hall–Kier alpha value is -2.53. The van der Waals surface area contributed by atoms with Crippen LogP contribution in [0, 0.1) is 4.91 Å². The van der Waals surface area contributed by atoms with Crippen molar-refractivity contribution in [3.8, 4) is 11.6 Å². The van der Waals surface area contributed by atoms with Gasteiger partial charge in [0.05, 0.1) is 29.1 Å². The predicted molar refractivity (Wildman–Crippen MR) is 105 cm³/mol. The molecule has 0 unspecified atom stereocenters. The minimum absolute atomic E-state index is 0.0352. The smallest absolute Gasteiger partial charge is 0.222 e. The van der Waals surface area contributed by atoms with E-state index in [0.29, 0.717) is 29.1 Å². The first-order chi connectivity index (χ1) is 12.7. The van der Waals surface area contributed by atoms with Gasteiger partial charge in [-0.25, -0.2) is 0 Å². The highest BCUT2D eigenvalue weighted by molar-refractivity contribution is 6.36. The lowest BCUT2D eigenvalue weighted by Gasteiger charge is -2.13. The van der Waals surface area contributed by atoms with Crippen molar-refractivity contribution in [3.63, 3.8) is 0 Å². The van der Waals surface area contributed by atoms with Gasteiger partial charge >= 0.3 is 0 Å². The Morgan fingerprint density at radius 1 is 1.15 bits per heavy atom. The Balaban J connectivity index is 1.96. The molecule has 26 heavy (non-hydrogen) atoms. The molecule has 3 aromatic rings. The molecule has 1 aromatic heterocycles. The van der Waals surface area contributed by atoms with Gasteiger partial charge in [-0.05, 0) is 29.8 Å². The van der Waals surface area contributed by atoms with Gasteiger partial charge in [-0.2, -0.15) is 0 Å². The maximum absolute atomic E-state index is 11.2. The molecule has 1 N–H and O–H groups in total. The maximum atomic E-state index is 11.2. The molecule has 0 amide bonds. The summed E-state index contributed by atoms with van der Waals surface area (Å²) < 4.78 is 7.55. The second-order valence-electron chi connectivity index (χ2n) is 6.15. The summed E-state index contributed by atoms with van der Waals surface area (Å²) in [6.07, 6.45) is 3.26. The molecule has 0 saturated carbocycles. The Morgan fingerprint density at radius 2 is 1.96 bits per heavy atom. The van der Waals surface area contributed by atoms with E-state index in [2.05, 4.69) is 12.1 Å². The molecule has 2 aromatic carbocycles. The summed E-state index contributed by atoms with van der Waals surface area (Å²) in [6.45, 7) is 3.15. The fraction of sp³-hybridized carbons (Fsp3) is 0.300. The summed E-state index contributed by atoms with van der Waals surface area (Å²) in [5.41, 5.74) is 1.53. The third-order valence-corrected chi connectivity index (χ3v) is 4.70. The van der Waals surface area contributed by atoms with Gasteiger partial charge in [-0.15, -0.1) is 4.91 Å². The number of benzene rings is 2. The highest BCUT2D eigenvalue weighted by atomic mass is 35.5. The highest BCUT2D eigenvalue weighted by Crippen LogP contribution is 2.42. The summed E-state index contributed by atoms with van der Waals surface area (Å²) in [5, 5.41) is 14.3. The van der Waals surface area contributed by atoms with Gasteiger partial charge in [0, 0.05) is 5.56 Å². The summed E-state index contributed by atoms with van der Waals surface area (Å²) in [4.78, 5) is 11.2. The summed E-state index contributed by atoms with van der Waals surface area (Å²) >= 11 is 6.21. The van der Waals surface area contributed by atoms with Crippen molar-refractivity contribution in [2.75, 3.05) is 6.61 Å². The minimum Gasteiger partial charge on any atom is -0.493 e. The van der Waals surface area contributed by atoms with Crippen LogP contribution in [-0.4, -0.2) is 16.3 Å². The number of aromatic nitrogens is 1. The first kappa shape index (κ1) is 18.3. The Morgan fingerprint density at radius 3 is 2.73 bits per heavy atom. The Kier molecular flexibility index (Phi) is 5.78. The Bertz CT molecular complexity index is 921. The number of aromatic hydroxyl groups is 1. The molecule has 0 aliphatic rings. The van der Waals surface area contributed by atoms with Crippen molar-refractivity contribution in [1.29, 1.82) is 0 Å². The minimum atomic E-state index is -0.191. The van der Waals surface area contributed by atoms with Crippen LogP contribution in [0.3, 0.4) is 0 Å². The van der Waals surface area contributed by atoms with Crippen LogP contribution < -0.4 is 4.74 Å². The molecule has 0 saturated heterocycles. The first-order valence-corrected chi connectivity index (χ1v) is 9.09. The van der Waals surface area contributed by atoms with Gasteiger partial charge < -0.3 is 14.4 Å². The van der Waals surface area contributed by atoms with E-state index >= 15 is 0 Å². The third-order valence-electron chi connectivity index (χ3n) is 4.38. The fourth-order valence-electron chi connectivity index (χ4n) is 3.05. The number of nitrogens with zero attached hydrogens (tertiary/aromatic N) is 2. The zero-order valence-electron chi connectivity index (χ0n) is 14.6. The lowest BCUT2D eigenvalue weighted by Crippen LogP contribution is -2.04. The van der Waals surface area contributed by atoms with Crippen LogP contribution in [0.5, 0.6) is 11.6 Å². The van der Waals surface area contributed by atoms with Crippen LogP contribution in [-0.2, 0) is 6.54 Å². The van der Waals surface area contributed by atoms with Crippen LogP contribution >= 0.6 is 11.6 Å². The van der Waals surface area contributed by atoms with Crippen molar-refractivity contribution in [2.24, 2.45) is 5.18 Å². The van der Waals surface area contributed by atoms with E-state index in [-0.39, 0.29) is 11.6 Å². The zero-order valence-corrected chi connectivity index (χ0v) is 15.4. The second-order valence-corrected chi connectivity index (χ2v) is 6.55. The molecule has 1 heterocycles. The number of nitroso groups, excluding NO2 is 1. The molecule has 0 aliphatic carbocycles. The summed E-state index contributed by atoms with van der Waals surface area (Å²) in [6, 6.07) is 13.0. The van der Waals surface area contributed by atoms with Gasteiger partial charge in [-0.1, -0.05) is 55.6 Å². The number of fused-ring (bicyclic) bond motifs is 1. The SMILES string of the molecule is CCCCCOc1ccccc1Cn1c(O)c(N=O)c2c(Cl)cccc21. The molecule has 5 nitrogen and oxygen atoms in total. The molecule has 0 aliphatic heterocycles. The summed E-state index contributed by atoms with van der Waals surface area (Å²) in [5.74, 6) is 0.580. The van der Waals surface area contributed by atoms with Crippen molar-refractivity contribution in [3.05, 3.63) is 58.0 Å². The van der Waals surface area contributed by atoms with Crippen LogP contribution in [0.15, 0.2) is 47.6 Å². The number of hydrogen-bond donors (Lipinski definition) is 1. The average Bonchev–Trinajstić information content (AvgIpc) is 2.93. The maximum Gasteiger partial charge on any atom is 0.222 e. The molecular formula is C20H21ClN2O3. The lowest BCUT2D eigenvalue weighted by molar-refractivity contribution is 0.302. The molecule has 0 radical (unpaired) electrons. The zero-order chi connectivity index (χ0) is 18.5.